The van der Waals surface area contributed by atoms with Gasteiger partial charge >= 0.3 is 5.97 Å². The Balaban J connectivity index is 0.00000196. The van der Waals surface area contributed by atoms with Gasteiger partial charge in [-0.3, -0.25) is 4.98 Å². The average molecular weight is 230 g/mol. The van der Waals surface area contributed by atoms with Gasteiger partial charge < -0.3 is 5.11 Å². The SMILES string of the molecule is CCc1nc(C(C)C)ccc1C(=O)O.Cl. The largest absolute Gasteiger partial charge is 0.478 e. The van der Waals surface area contributed by atoms with E-state index in [1.807, 2.05) is 20.8 Å². The van der Waals surface area contributed by atoms with E-state index < -0.39 is 5.97 Å². The van der Waals surface area contributed by atoms with Crippen LogP contribution in [0.15, 0.2) is 12.1 Å². The lowest BCUT2D eigenvalue weighted by Crippen LogP contribution is -2.06. The number of halogens is 1. The molecule has 0 fully saturated rings. The number of aromatic carboxylic acids is 1. The number of hydrogen-bond acceptors (Lipinski definition) is 2. The van der Waals surface area contributed by atoms with Crippen molar-refractivity contribution in [2.24, 2.45) is 0 Å². The summed E-state index contributed by atoms with van der Waals surface area (Å²) in [7, 11) is 0. The Kier molecular flexibility index (Phi) is 5.29. The van der Waals surface area contributed by atoms with Gasteiger partial charge in [-0.15, -0.1) is 12.4 Å². The molecule has 0 amide bonds. The van der Waals surface area contributed by atoms with Gasteiger partial charge in [-0.1, -0.05) is 20.8 Å². The summed E-state index contributed by atoms with van der Waals surface area (Å²) in [5.41, 5.74) is 1.94. The van der Waals surface area contributed by atoms with Crippen LogP contribution in [0, 0.1) is 0 Å². The Bertz CT molecular complexity index is 350. The van der Waals surface area contributed by atoms with Crippen LogP contribution in [0.3, 0.4) is 0 Å². The standard InChI is InChI=1S/C11H15NO2.ClH/c1-4-9-8(11(13)14)5-6-10(12-9)7(2)3;/h5-7H,4H2,1-3H3,(H,13,14);1H. The summed E-state index contributed by atoms with van der Waals surface area (Å²) >= 11 is 0. The molecular weight excluding hydrogens is 214 g/mol. The van der Waals surface area contributed by atoms with E-state index >= 15 is 0 Å². The third-order valence-electron chi connectivity index (χ3n) is 2.15. The van der Waals surface area contributed by atoms with Gasteiger partial charge in [0.2, 0.25) is 0 Å². The highest BCUT2D eigenvalue weighted by molar-refractivity contribution is 5.88. The molecule has 1 heterocycles. The van der Waals surface area contributed by atoms with Gasteiger partial charge in [-0.25, -0.2) is 4.79 Å². The van der Waals surface area contributed by atoms with Crippen LogP contribution in [0.1, 0.15) is 48.4 Å². The van der Waals surface area contributed by atoms with Crippen LogP contribution in [0.25, 0.3) is 0 Å². The molecule has 15 heavy (non-hydrogen) atoms. The minimum atomic E-state index is -0.898. The minimum absolute atomic E-state index is 0. The van der Waals surface area contributed by atoms with Crippen LogP contribution >= 0.6 is 12.4 Å². The van der Waals surface area contributed by atoms with Crippen molar-refractivity contribution >= 4 is 18.4 Å². The quantitative estimate of drug-likeness (QED) is 0.867. The fourth-order valence-electron chi connectivity index (χ4n) is 1.30. The number of carbonyl (C=O) groups is 1. The first-order chi connectivity index (χ1) is 6.56. The van der Waals surface area contributed by atoms with E-state index in [2.05, 4.69) is 4.98 Å². The summed E-state index contributed by atoms with van der Waals surface area (Å²) in [5, 5.41) is 8.89. The zero-order valence-corrected chi connectivity index (χ0v) is 9.97. The molecule has 84 valence electrons. The van der Waals surface area contributed by atoms with E-state index in [-0.39, 0.29) is 12.4 Å². The molecule has 0 bridgehead atoms. The fraction of sp³-hybridized carbons (Fsp3) is 0.455. The first kappa shape index (κ1) is 13.9. The van der Waals surface area contributed by atoms with Crippen molar-refractivity contribution in [3.63, 3.8) is 0 Å². The zero-order valence-electron chi connectivity index (χ0n) is 9.15. The van der Waals surface area contributed by atoms with Gasteiger partial charge in [0.15, 0.2) is 0 Å². The topological polar surface area (TPSA) is 50.2 Å². The molecule has 4 heteroatoms. The number of pyridine rings is 1. The molecule has 0 spiro atoms. The molecular formula is C11H16ClNO2. The second-order valence-electron chi connectivity index (χ2n) is 3.54. The highest BCUT2D eigenvalue weighted by Crippen LogP contribution is 2.15. The van der Waals surface area contributed by atoms with Gasteiger partial charge in [0.1, 0.15) is 0 Å². The van der Waals surface area contributed by atoms with Gasteiger partial charge in [0, 0.05) is 5.69 Å². The first-order valence-corrected chi connectivity index (χ1v) is 4.79. The Labute approximate surface area is 95.9 Å². The Morgan fingerprint density at radius 3 is 2.47 bits per heavy atom. The maximum atomic E-state index is 10.8. The third kappa shape index (κ3) is 3.20. The Hall–Kier alpha value is -1.09. The van der Waals surface area contributed by atoms with Gasteiger partial charge in [-0.05, 0) is 24.5 Å². The van der Waals surface area contributed by atoms with Crippen molar-refractivity contribution in [1.29, 1.82) is 0 Å². The summed E-state index contributed by atoms with van der Waals surface area (Å²) < 4.78 is 0. The van der Waals surface area contributed by atoms with Crippen LogP contribution in [-0.4, -0.2) is 16.1 Å². The fourth-order valence-corrected chi connectivity index (χ4v) is 1.30. The Morgan fingerprint density at radius 1 is 1.47 bits per heavy atom. The number of nitrogens with zero attached hydrogens (tertiary/aromatic N) is 1. The maximum Gasteiger partial charge on any atom is 0.337 e. The predicted molar refractivity (Wildman–Crippen MR) is 61.9 cm³/mol. The smallest absolute Gasteiger partial charge is 0.337 e. The van der Waals surface area contributed by atoms with E-state index in [1.54, 1.807) is 12.1 Å². The predicted octanol–water partition coefficient (Wildman–Crippen LogP) is 2.89. The van der Waals surface area contributed by atoms with Crippen molar-refractivity contribution < 1.29 is 9.90 Å². The maximum absolute atomic E-state index is 10.8. The van der Waals surface area contributed by atoms with E-state index in [0.717, 1.165) is 5.69 Å². The molecule has 0 atom stereocenters. The second kappa shape index (κ2) is 5.71. The number of rotatable bonds is 3. The molecule has 0 aliphatic carbocycles. The molecule has 0 aliphatic rings. The van der Waals surface area contributed by atoms with Crippen LogP contribution < -0.4 is 0 Å². The summed E-state index contributed by atoms with van der Waals surface area (Å²) in [6.45, 7) is 6.00. The second-order valence-corrected chi connectivity index (χ2v) is 3.54. The van der Waals surface area contributed by atoms with Crippen LogP contribution in [0.2, 0.25) is 0 Å². The van der Waals surface area contributed by atoms with Crippen molar-refractivity contribution in [3.05, 3.63) is 29.1 Å². The van der Waals surface area contributed by atoms with Crippen LogP contribution in [0.4, 0.5) is 0 Å². The minimum Gasteiger partial charge on any atom is -0.478 e. The van der Waals surface area contributed by atoms with Gasteiger partial charge in [0.25, 0.3) is 0 Å². The molecule has 3 nitrogen and oxygen atoms in total. The highest BCUT2D eigenvalue weighted by Gasteiger charge is 2.11. The summed E-state index contributed by atoms with van der Waals surface area (Å²) in [6.07, 6.45) is 0.655. The van der Waals surface area contributed by atoms with Gasteiger partial charge in [-0.2, -0.15) is 0 Å². The monoisotopic (exact) mass is 229 g/mol. The van der Waals surface area contributed by atoms with Crippen LogP contribution in [0.5, 0.6) is 0 Å². The molecule has 0 aliphatic heterocycles. The van der Waals surface area contributed by atoms with Crippen molar-refractivity contribution in [1.82, 2.24) is 4.98 Å². The number of carboxylic acid groups (broad SMARTS) is 1. The Morgan fingerprint density at radius 2 is 2.07 bits per heavy atom. The zero-order chi connectivity index (χ0) is 10.7. The lowest BCUT2D eigenvalue weighted by atomic mass is 10.1. The molecule has 0 saturated heterocycles. The molecule has 1 N–H and O–H groups in total. The number of carboxylic acids is 1. The number of hydrogen-bond donors (Lipinski definition) is 1. The van der Waals surface area contributed by atoms with Crippen molar-refractivity contribution in [2.45, 2.75) is 33.1 Å². The van der Waals surface area contributed by atoms with E-state index in [1.165, 1.54) is 0 Å². The van der Waals surface area contributed by atoms with E-state index in [9.17, 15) is 4.79 Å². The molecule has 0 unspecified atom stereocenters. The summed E-state index contributed by atoms with van der Waals surface area (Å²) in [6, 6.07) is 3.43. The highest BCUT2D eigenvalue weighted by atomic mass is 35.5. The van der Waals surface area contributed by atoms with E-state index in [0.29, 0.717) is 23.6 Å². The van der Waals surface area contributed by atoms with E-state index in [4.69, 9.17) is 5.11 Å². The average Bonchev–Trinajstić information content (AvgIpc) is 2.16. The first-order valence-electron chi connectivity index (χ1n) is 4.79. The van der Waals surface area contributed by atoms with Crippen molar-refractivity contribution in [2.75, 3.05) is 0 Å². The molecule has 0 radical (unpaired) electrons. The van der Waals surface area contributed by atoms with Crippen molar-refractivity contribution in [3.8, 4) is 0 Å². The molecule has 0 saturated carbocycles. The summed E-state index contributed by atoms with van der Waals surface area (Å²) in [4.78, 5) is 15.2. The normalized spacial score (nSPS) is 9.87. The molecule has 1 aromatic rings. The molecule has 1 aromatic heterocycles. The number of aryl methyl sites for hydroxylation is 1. The third-order valence-corrected chi connectivity index (χ3v) is 2.15. The lowest BCUT2D eigenvalue weighted by molar-refractivity contribution is 0.0695. The number of aromatic nitrogens is 1. The lowest BCUT2D eigenvalue weighted by Gasteiger charge is -2.08. The summed E-state index contributed by atoms with van der Waals surface area (Å²) in [5.74, 6) is -0.562. The molecule has 0 aromatic carbocycles. The van der Waals surface area contributed by atoms with Gasteiger partial charge in [0.05, 0.1) is 11.3 Å². The van der Waals surface area contributed by atoms with Crippen LogP contribution in [-0.2, 0) is 6.42 Å². The molecule has 1 rings (SSSR count).